The Hall–Kier alpha value is -1.70. The number of hydrogen-bond acceptors (Lipinski definition) is 4. The fraction of sp³-hybridized carbons (Fsp3) is 0. The molecule has 2 aromatic heterocycles. The lowest BCUT2D eigenvalue weighted by Gasteiger charge is -2.02. The van der Waals surface area contributed by atoms with Gasteiger partial charge >= 0.3 is 0 Å². The summed E-state index contributed by atoms with van der Waals surface area (Å²) in [5.41, 5.74) is 6.65. The van der Waals surface area contributed by atoms with Crippen LogP contribution in [0.5, 0.6) is 0 Å². The van der Waals surface area contributed by atoms with Gasteiger partial charge in [0.1, 0.15) is 12.1 Å². The molecule has 0 atom stereocenters. The van der Waals surface area contributed by atoms with E-state index >= 15 is 0 Å². The number of nitrogens with zero attached hydrogens (tertiary/aromatic N) is 4. The average molecular weight is 337 g/mol. The van der Waals surface area contributed by atoms with E-state index in [4.69, 9.17) is 5.73 Å². The van der Waals surface area contributed by atoms with Crippen molar-refractivity contribution in [3.05, 3.63) is 40.4 Å². The standard InChI is InChI=1S/C11H8IN5/c12-8-2-1-7-5-16-17(9(7)3-8)11-4-10(13)14-6-15-11/h1-6H,(H2,13,14,15). The molecule has 0 aliphatic rings. The number of hydrogen-bond donors (Lipinski definition) is 1. The second kappa shape index (κ2) is 3.95. The van der Waals surface area contributed by atoms with Gasteiger partial charge in [-0.25, -0.2) is 14.6 Å². The van der Waals surface area contributed by atoms with Gasteiger partial charge < -0.3 is 5.73 Å². The van der Waals surface area contributed by atoms with E-state index in [1.54, 1.807) is 10.7 Å². The van der Waals surface area contributed by atoms with Gasteiger partial charge in [-0.15, -0.1) is 0 Å². The van der Waals surface area contributed by atoms with Crippen LogP contribution in [0.3, 0.4) is 0 Å². The van der Waals surface area contributed by atoms with E-state index in [9.17, 15) is 0 Å². The van der Waals surface area contributed by atoms with E-state index in [2.05, 4.69) is 43.7 Å². The summed E-state index contributed by atoms with van der Waals surface area (Å²) in [6, 6.07) is 7.84. The molecule has 0 radical (unpaired) electrons. The third kappa shape index (κ3) is 1.84. The van der Waals surface area contributed by atoms with Gasteiger partial charge in [0, 0.05) is 15.0 Å². The van der Waals surface area contributed by atoms with Crippen LogP contribution in [-0.2, 0) is 0 Å². The van der Waals surface area contributed by atoms with Crippen molar-refractivity contribution in [2.75, 3.05) is 5.73 Å². The van der Waals surface area contributed by atoms with Gasteiger partial charge in [-0.1, -0.05) is 6.07 Å². The third-order valence-corrected chi connectivity index (χ3v) is 3.09. The van der Waals surface area contributed by atoms with Gasteiger partial charge in [-0.05, 0) is 34.7 Å². The number of fused-ring (bicyclic) bond motifs is 1. The highest BCUT2D eigenvalue weighted by Crippen LogP contribution is 2.19. The van der Waals surface area contributed by atoms with Crippen molar-refractivity contribution in [1.29, 1.82) is 0 Å². The molecule has 0 bridgehead atoms. The molecule has 6 heteroatoms. The first kappa shape index (κ1) is 10.5. The molecule has 0 unspecified atom stereocenters. The van der Waals surface area contributed by atoms with Gasteiger partial charge in [0.25, 0.3) is 0 Å². The topological polar surface area (TPSA) is 69.6 Å². The molecule has 3 rings (SSSR count). The summed E-state index contributed by atoms with van der Waals surface area (Å²) in [7, 11) is 0. The third-order valence-electron chi connectivity index (χ3n) is 2.42. The lowest BCUT2D eigenvalue weighted by atomic mass is 10.2. The van der Waals surface area contributed by atoms with Gasteiger partial charge in [0.05, 0.1) is 11.7 Å². The average Bonchev–Trinajstić information content (AvgIpc) is 2.71. The Labute approximate surface area is 111 Å². The monoisotopic (exact) mass is 337 g/mol. The zero-order valence-corrected chi connectivity index (χ0v) is 10.9. The quantitative estimate of drug-likeness (QED) is 0.690. The normalized spacial score (nSPS) is 10.9. The molecular weight excluding hydrogens is 329 g/mol. The molecule has 5 nitrogen and oxygen atoms in total. The van der Waals surface area contributed by atoms with Crippen molar-refractivity contribution in [3.8, 4) is 5.82 Å². The number of halogens is 1. The maximum atomic E-state index is 5.64. The van der Waals surface area contributed by atoms with Crippen LogP contribution in [0.1, 0.15) is 0 Å². The summed E-state index contributed by atoms with van der Waals surface area (Å²) in [6.45, 7) is 0. The van der Waals surface area contributed by atoms with Crippen LogP contribution < -0.4 is 5.73 Å². The number of anilines is 1. The molecule has 17 heavy (non-hydrogen) atoms. The molecule has 1 aromatic carbocycles. The van der Waals surface area contributed by atoms with Crippen LogP contribution in [0.2, 0.25) is 0 Å². The van der Waals surface area contributed by atoms with Crippen LogP contribution in [0, 0.1) is 3.57 Å². The van der Waals surface area contributed by atoms with Crippen molar-refractivity contribution in [2.45, 2.75) is 0 Å². The van der Waals surface area contributed by atoms with Crippen LogP contribution in [0.4, 0.5) is 5.82 Å². The molecule has 2 N–H and O–H groups in total. The minimum Gasteiger partial charge on any atom is -0.384 e. The minimum absolute atomic E-state index is 0.435. The summed E-state index contributed by atoms with van der Waals surface area (Å²) in [4.78, 5) is 8.04. The molecule has 3 aromatic rings. The Morgan fingerprint density at radius 2 is 2.06 bits per heavy atom. The highest BCUT2D eigenvalue weighted by Gasteiger charge is 2.06. The predicted molar refractivity (Wildman–Crippen MR) is 73.8 cm³/mol. The van der Waals surface area contributed by atoms with Crippen molar-refractivity contribution in [3.63, 3.8) is 0 Å². The molecule has 0 fully saturated rings. The number of benzene rings is 1. The Morgan fingerprint density at radius 3 is 2.88 bits per heavy atom. The van der Waals surface area contributed by atoms with Crippen LogP contribution in [0.25, 0.3) is 16.7 Å². The number of rotatable bonds is 1. The highest BCUT2D eigenvalue weighted by molar-refractivity contribution is 14.1. The van der Waals surface area contributed by atoms with Crippen LogP contribution in [0.15, 0.2) is 36.8 Å². The van der Waals surface area contributed by atoms with Gasteiger partial charge in [0.15, 0.2) is 5.82 Å². The zero-order chi connectivity index (χ0) is 11.8. The van der Waals surface area contributed by atoms with Crippen LogP contribution in [-0.4, -0.2) is 19.7 Å². The van der Waals surface area contributed by atoms with E-state index in [-0.39, 0.29) is 0 Å². The summed E-state index contributed by atoms with van der Waals surface area (Å²) in [5, 5.41) is 5.39. The first-order valence-electron chi connectivity index (χ1n) is 4.95. The van der Waals surface area contributed by atoms with Gasteiger partial charge in [-0.2, -0.15) is 5.10 Å². The zero-order valence-electron chi connectivity index (χ0n) is 8.71. The van der Waals surface area contributed by atoms with E-state index in [0.717, 1.165) is 14.5 Å². The van der Waals surface area contributed by atoms with E-state index in [1.807, 2.05) is 18.3 Å². The molecule has 0 aliphatic heterocycles. The Bertz CT molecular complexity index is 691. The summed E-state index contributed by atoms with van der Waals surface area (Å²) in [5.74, 6) is 1.11. The number of nitrogen functional groups attached to an aromatic ring is 1. The maximum Gasteiger partial charge on any atom is 0.159 e. The van der Waals surface area contributed by atoms with Crippen molar-refractivity contribution >= 4 is 39.3 Å². The summed E-state index contributed by atoms with van der Waals surface area (Å²) < 4.78 is 2.91. The lowest BCUT2D eigenvalue weighted by Crippen LogP contribution is -2.01. The first-order chi connectivity index (χ1) is 8.24. The summed E-state index contributed by atoms with van der Waals surface area (Å²) >= 11 is 2.27. The van der Waals surface area contributed by atoms with Crippen LogP contribution >= 0.6 is 22.6 Å². The van der Waals surface area contributed by atoms with Gasteiger partial charge in [0.2, 0.25) is 0 Å². The van der Waals surface area contributed by atoms with Crippen molar-refractivity contribution in [1.82, 2.24) is 19.7 Å². The molecule has 0 aliphatic carbocycles. The molecule has 0 saturated carbocycles. The fourth-order valence-electron chi connectivity index (χ4n) is 1.65. The Morgan fingerprint density at radius 1 is 1.18 bits per heavy atom. The Kier molecular flexibility index (Phi) is 2.43. The predicted octanol–water partition coefficient (Wildman–Crippen LogP) is 2.00. The van der Waals surface area contributed by atoms with E-state index < -0.39 is 0 Å². The fourth-order valence-corrected chi connectivity index (χ4v) is 2.13. The maximum absolute atomic E-state index is 5.64. The smallest absolute Gasteiger partial charge is 0.159 e. The largest absolute Gasteiger partial charge is 0.384 e. The molecule has 2 heterocycles. The van der Waals surface area contributed by atoms with Crippen molar-refractivity contribution in [2.24, 2.45) is 0 Å². The molecule has 84 valence electrons. The SMILES string of the molecule is Nc1cc(-n2ncc3ccc(I)cc32)ncn1. The molecular formula is C11H8IN5. The number of aromatic nitrogens is 4. The lowest BCUT2D eigenvalue weighted by molar-refractivity contribution is 0.867. The molecule has 0 saturated heterocycles. The van der Waals surface area contributed by atoms with Crippen molar-refractivity contribution < 1.29 is 0 Å². The van der Waals surface area contributed by atoms with E-state index in [1.165, 1.54) is 6.33 Å². The second-order valence-electron chi connectivity index (χ2n) is 3.56. The first-order valence-corrected chi connectivity index (χ1v) is 6.03. The summed E-state index contributed by atoms with van der Waals surface area (Å²) in [6.07, 6.45) is 3.25. The second-order valence-corrected chi connectivity index (χ2v) is 4.81. The molecule has 0 amide bonds. The Balaban J connectivity index is 2.27. The number of nitrogens with two attached hydrogens (primary N) is 1. The molecule has 0 spiro atoms. The van der Waals surface area contributed by atoms with Gasteiger partial charge in [-0.3, -0.25) is 0 Å². The van der Waals surface area contributed by atoms with E-state index in [0.29, 0.717) is 11.6 Å². The highest BCUT2D eigenvalue weighted by atomic mass is 127. The minimum atomic E-state index is 0.435.